The molecule has 2 rings (SSSR count). The lowest BCUT2D eigenvalue weighted by Crippen LogP contribution is -2.50. The Bertz CT molecular complexity index is 478. The van der Waals surface area contributed by atoms with Crippen LogP contribution in [0.3, 0.4) is 0 Å². The zero-order valence-corrected chi connectivity index (χ0v) is 13.0. The number of amides is 1. The van der Waals surface area contributed by atoms with Crippen molar-refractivity contribution < 1.29 is 14.3 Å². The summed E-state index contributed by atoms with van der Waals surface area (Å²) in [6.07, 6.45) is 0.184. The second kappa shape index (κ2) is 7.43. The molecule has 0 spiro atoms. The van der Waals surface area contributed by atoms with E-state index in [9.17, 15) is 4.79 Å². The number of nitrogens with zero attached hydrogens (tertiary/aromatic N) is 1. The van der Waals surface area contributed by atoms with Gasteiger partial charge in [-0.3, -0.25) is 9.69 Å². The summed E-state index contributed by atoms with van der Waals surface area (Å²) in [5.74, 6) is 0.827. The first kappa shape index (κ1) is 15.8. The van der Waals surface area contributed by atoms with Crippen molar-refractivity contribution in [2.75, 3.05) is 26.8 Å². The van der Waals surface area contributed by atoms with Crippen LogP contribution >= 0.6 is 0 Å². The molecule has 1 heterocycles. The van der Waals surface area contributed by atoms with Crippen molar-refractivity contribution in [2.24, 2.45) is 0 Å². The van der Waals surface area contributed by atoms with Crippen LogP contribution in [-0.4, -0.2) is 49.8 Å². The number of methoxy groups -OCH3 is 1. The van der Waals surface area contributed by atoms with E-state index in [4.69, 9.17) is 9.47 Å². The Morgan fingerprint density at radius 3 is 2.95 bits per heavy atom. The first-order valence-corrected chi connectivity index (χ1v) is 7.34. The number of hydrogen-bond acceptors (Lipinski definition) is 4. The average molecular weight is 292 g/mol. The van der Waals surface area contributed by atoms with Gasteiger partial charge < -0.3 is 14.8 Å². The van der Waals surface area contributed by atoms with E-state index in [0.717, 1.165) is 17.9 Å². The Morgan fingerprint density at radius 2 is 2.19 bits per heavy atom. The van der Waals surface area contributed by atoms with Crippen molar-refractivity contribution in [3.8, 4) is 5.75 Å². The molecule has 0 aromatic heterocycles. The fourth-order valence-corrected chi connectivity index (χ4v) is 2.48. The van der Waals surface area contributed by atoms with Crippen molar-refractivity contribution in [1.29, 1.82) is 0 Å². The smallest absolute Gasteiger partial charge is 0.234 e. The lowest BCUT2D eigenvalue weighted by Gasteiger charge is -2.36. The molecule has 21 heavy (non-hydrogen) atoms. The minimum absolute atomic E-state index is 0.0295. The Labute approximate surface area is 126 Å². The summed E-state index contributed by atoms with van der Waals surface area (Å²) in [6, 6.07) is 7.99. The molecule has 0 saturated carbocycles. The maximum atomic E-state index is 12.1. The fourth-order valence-electron chi connectivity index (χ4n) is 2.48. The predicted molar refractivity (Wildman–Crippen MR) is 81.3 cm³/mol. The van der Waals surface area contributed by atoms with Gasteiger partial charge in [-0.25, -0.2) is 0 Å². The van der Waals surface area contributed by atoms with Gasteiger partial charge >= 0.3 is 0 Å². The topological polar surface area (TPSA) is 50.8 Å². The van der Waals surface area contributed by atoms with E-state index in [1.807, 2.05) is 31.2 Å². The van der Waals surface area contributed by atoms with Crippen molar-refractivity contribution in [3.63, 3.8) is 0 Å². The molecule has 0 radical (unpaired) electrons. The van der Waals surface area contributed by atoms with Gasteiger partial charge in [0.05, 0.1) is 26.4 Å². The summed E-state index contributed by atoms with van der Waals surface area (Å²) in [5.41, 5.74) is 0.983. The molecule has 5 heteroatoms. The normalized spacial score (nSPS) is 22.8. The second-order valence-electron chi connectivity index (χ2n) is 5.51. The van der Waals surface area contributed by atoms with Crippen LogP contribution in [0, 0.1) is 0 Å². The molecule has 1 fully saturated rings. The second-order valence-corrected chi connectivity index (χ2v) is 5.51. The standard InChI is InChI=1S/C16H24N2O3/c1-12-11-21-13(2)9-18(12)10-16(19)17-8-14-6-4-5-7-15(14)20-3/h4-7,12-13H,8-11H2,1-3H3,(H,17,19). The van der Waals surface area contributed by atoms with E-state index in [0.29, 0.717) is 19.7 Å². The molecule has 1 aromatic rings. The molecule has 1 aromatic carbocycles. The number of benzene rings is 1. The van der Waals surface area contributed by atoms with Crippen LogP contribution in [0.4, 0.5) is 0 Å². The van der Waals surface area contributed by atoms with Crippen LogP contribution in [-0.2, 0) is 16.1 Å². The summed E-state index contributed by atoms with van der Waals surface area (Å²) in [5, 5.41) is 2.95. The molecule has 0 bridgehead atoms. The zero-order valence-electron chi connectivity index (χ0n) is 13.0. The largest absolute Gasteiger partial charge is 0.496 e. The number of ether oxygens (including phenoxy) is 2. The fraction of sp³-hybridized carbons (Fsp3) is 0.562. The SMILES string of the molecule is COc1ccccc1CNC(=O)CN1CC(C)OCC1C. The Balaban J connectivity index is 1.84. The molecule has 5 nitrogen and oxygen atoms in total. The number of hydrogen-bond donors (Lipinski definition) is 1. The van der Waals surface area contributed by atoms with Gasteiger partial charge in [0, 0.05) is 24.7 Å². The summed E-state index contributed by atoms with van der Waals surface area (Å²) in [7, 11) is 1.64. The Morgan fingerprint density at radius 1 is 1.43 bits per heavy atom. The van der Waals surface area contributed by atoms with E-state index in [-0.39, 0.29) is 18.1 Å². The van der Waals surface area contributed by atoms with Gasteiger partial charge in [0.2, 0.25) is 5.91 Å². The van der Waals surface area contributed by atoms with Gasteiger partial charge in [-0.2, -0.15) is 0 Å². The maximum Gasteiger partial charge on any atom is 0.234 e. The molecule has 1 saturated heterocycles. The van der Waals surface area contributed by atoms with Gasteiger partial charge in [-0.05, 0) is 19.9 Å². The highest BCUT2D eigenvalue weighted by Crippen LogP contribution is 2.16. The van der Waals surface area contributed by atoms with E-state index < -0.39 is 0 Å². The summed E-state index contributed by atoms with van der Waals surface area (Å²) >= 11 is 0. The molecule has 1 aliphatic heterocycles. The van der Waals surface area contributed by atoms with Crippen LogP contribution in [0.25, 0.3) is 0 Å². The first-order valence-electron chi connectivity index (χ1n) is 7.34. The van der Waals surface area contributed by atoms with Crippen molar-refractivity contribution in [2.45, 2.75) is 32.5 Å². The molecule has 2 unspecified atom stereocenters. The number of nitrogens with one attached hydrogen (secondary N) is 1. The molecular weight excluding hydrogens is 268 g/mol. The van der Waals surface area contributed by atoms with Crippen molar-refractivity contribution >= 4 is 5.91 Å². The monoisotopic (exact) mass is 292 g/mol. The van der Waals surface area contributed by atoms with Crippen molar-refractivity contribution in [3.05, 3.63) is 29.8 Å². The molecule has 0 aliphatic carbocycles. The quantitative estimate of drug-likeness (QED) is 0.892. The summed E-state index contributed by atoms with van der Waals surface area (Å²) < 4.78 is 10.9. The first-order chi connectivity index (χ1) is 10.1. The average Bonchev–Trinajstić information content (AvgIpc) is 2.49. The van der Waals surface area contributed by atoms with Crippen LogP contribution in [0.5, 0.6) is 5.75 Å². The van der Waals surface area contributed by atoms with Crippen molar-refractivity contribution in [1.82, 2.24) is 10.2 Å². The summed E-state index contributed by atoms with van der Waals surface area (Å²) in [4.78, 5) is 14.3. The van der Waals surface area contributed by atoms with E-state index in [2.05, 4.69) is 17.1 Å². The van der Waals surface area contributed by atoms with E-state index in [1.165, 1.54) is 0 Å². The number of morpholine rings is 1. The molecule has 116 valence electrons. The molecule has 1 amide bonds. The Kier molecular flexibility index (Phi) is 5.59. The molecule has 1 aliphatic rings. The molecule has 2 atom stereocenters. The third-order valence-corrected chi connectivity index (χ3v) is 3.75. The van der Waals surface area contributed by atoms with Gasteiger partial charge in [0.25, 0.3) is 0 Å². The van der Waals surface area contributed by atoms with Gasteiger partial charge in [0.15, 0.2) is 0 Å². The highest BCUT2D eigenvalue weighted by atomic mass is 16.5. The Hall–Kier alpha value is -1.59. The lowest BCUT2D eigenvalue weighted by molar-refractivity contribution is -0.126. The number of para-hydroxylation sites is 1. The van der Waals surface area contributed by atoms with Crippen LogP contribution in [0.2, 0.25) is 0 Å². The number of rotatable bonds is 5. The number of carbonyl (C=O) groups excluding carboxylic acids is 1. The maximum absolute atomic E-state index is 12.1. The van der Waals surface area contributed by atoms with E-state index >= 15 is 0 Å². The van der Waals surface area contributed by atoms with Gasteiger partial charge in [0.1, 0.15) is 5.75 Å². The third-order valence-electron chi connectivity index (χ3n) is 3.75. The van der Waals surface area contributed by atoms with Crippen LogP contribution in [0.15, 0.2) is 24.3 Å². The highest BCUT2D eigenvalue weighted by molar-refractivity contribution is 5.78. The third kappa shape index (κ3) is 4.44. The molecule has 1 N–H and O–H groups in total. The number of carbonyl (C=O) groups is 1. The minimum Gasteiger partial charge on any atom is -0.496 e. The van der Waals surface area contributed by atoms with Crippen LogP contribution < -0.4 is 10.1 Å². The lowest BCUT2D eigenvalue weighted by atomic mass is 10.2. The predicted octanol–water partition coefficient (Wildman–Crippen LogP) is 1.42. The minimum atomic E-state index is 0.0295. The van der Waals surface area contributed by atoms with Gasteiger partial charge in [-0.1, -0.05) is 18.2 Å². The van der Waals surface area contributed by atoms with Crippen LogP contribution in [0.1, 0.15) is 19.4 Å². The highest BCUT2D eigenvalue weighted by Gasteiger charge is 2.24. The van der Waals surface area contributed by atoms with Gasteiger partial charge in [-0.15, -0.1) is 0 Å². The summed E-state index contributed by atoms with van der Waals surface area (Å²) in [6.45, 7) is 6.48. The zero-order chi connectivity index (χ0) is 15.2. The molecular formula is C16H24N2O3. The van der Waals surface area contributed by atoms with E-state index in [1.54, 1.807) is 7.11 Å².